The molecular weight excluding hydrogens is 156 g/mol. The van der Waals surface area contributed by atoms with Crippen LogP contribution in [-0.4, -0.2) is 0 Å². The van der Waals surface area contributed by atoms with Crippen LogP contribution < -0.4 is 0 Å². The van der Waals surface area contributed by atoms with Gasteiger partial charge in [0.2, 0.25) is 0 Å². The smallest absolute Gasteiger partial charge is 0.0259 e. The van der Waals surface area contributed by atoms with Crippen LogP contribution in [0.2, 0.25) is 0 Å². The van der Waals surface area contributed by atoms with Gasteiger partial charge in [-0.05, 0) is 17.9 Å². The molecule has 0 bridgehead atoms. The van der Waals surface area contributed by atoms with E-state index in [-0.39, 0.29) is 0 Å². The Hall–Kier alpha value is -1.04. The third-order valence-corrected chi connectivity index (χ3v) is 2.16. The molecule has 1 aromatic carbocycles. The van der Waals surface area contributed by atoms with Crippen molar-refractivity contribution in [2.75, 3.05) is 0 Å². The monoisotopic (exact) mass is 174 g/mol. The number of allylic oxidation sites excluding steroid dienone is 1. The van der Waals surface area contributed by atoms with Gasteiger partial charge in [-0.3, -0.25) is 0 Å². The molecule has 0 aromatic heterocycles. The van der Waals surface area contributed by atoms with E-state index in [2.05, 4.69) is 50.3 Å². The molecule has 0 N–H and O–H groups in total. The summed E-state index contributed by atoms with van der Waals surface area (Å²) in [5.74, 6) is 0.699. The van der Waals surface area contributed by atoms with Gasteiger partial charge in [-0.1, -0.05) is 62.8 Å². The molecule has 0 saturated carbocycles. The van der Waals surface area contributed by atoms with E-state index in [1.54, 1.807) is 0 Å². The highest BCUT2D eigenvalue weighted by Crippen LogP contribution is 2.09. The van der Waals surface area contributed by atoms with E-state index < -0.39 is 0 Å². The van der Waals surface area contributed by atoms with E-state index in [0.717, 1.165) is 0 Å². The second-order valence-electron chi connectivity index (χ2n) is 3.54. The van der Waals surface area contributed by atoms with Crippen LogP contribution in [-0.2, 0) is 0 Å². The van der Waals surface area contributed by atoms with Gasteiger partial charge in [0.15, 0.2) is 0 Å². The molecule has 0 fully saturated rings. The molecule has 0 aliphatic rings. The van der Waals surface area contributed by atoms with E-state index in [1.807, 2.05) is 6.07 Å². The Morgan fingerprint density at radius 3 is 2.54 bits per heavy atom. The summed E-state index contributed by atoms with van der Waals surface area (Å²) in [5.41, 5.74) is 1.30. The average Bonchev–Trinajstić information content (AvgIpc) is 2.17. The first-order chi connectivity index (χ1) is 6.33. The lowest BCUT2D eigenvalue weighted by atomic mass is 10.0. The highest BCUT2D eigenvalue weighted by Gasteiger charge is 1.93. The summed E-state index contributed by atoms with van der Waals surface area (Å²) < 4.78 is 0. The Kier molecular flexibility index (Phi) is 4.31. The van der Waals surface area contributed by atoms with Gasteiger partial charge in [0.25, 0.3) is 0 Å². The van der Waals surface area contributed by atoms with Crippen LogP contribution in [0, 0.1) is 5.92 Å². The summed E-state index contributed by atoms with van der Waals surface area (Å²) in [6.45, 7) is 4.50. The average molecular weight is 174 g/mol. The molecule has 13 heavy (non-hydrogen) atoms. The Balaban J connectivity index is 2.49. The molecule has 1 rings (SSSR count). The number of benzene rings is 1. The molecule has 1 aromatic rings. The maximum absolute atomic E-state index is 2.29. The minimum atomic E-state index is 0.699. The van der Waals surface area contributed by atoms with Gasteiger partial charge in [0.1, 0.15) is 0 Å². The predicted octanol–water partition coefficient (Wildman–Crippen LogP) is 4.14. The minimum absolute atomic E-state index is 0.699. The number of rotatable bonds is 4. The quantitative estimate of drug-likeness (QED) is 0.643. The summed E-state index contributed by atoms with van der Waals surface area (Å²) >= 11 is 0. The van der Waals surface area contributed by atoms with Crippen molar-refractivity contribution in [1.29, 1.82) is 0 Å². The van der Waals surface area contributed by atoms with Crippen molar-refractivity contribution < 1.29 is 0 Å². The van der Waals surface area contributed by atoms with E-state index in [4.69, 9.17) is 0 Å². The molecule has 1 atom stereocenters. The van der Waals surface area contributed by atoms with Crippen LogP contribution in [0.25, 0.3) is 6.08 Å². The van der Waals surface area contributed by atoms with E-state index in [0.29, 0.717) is 5.92 Å². The van der Waals surface area contributed by atoms with Crippen molar-refractivity contribution in [2.45, 2.75) is 26.7 Å². The molecule has 0 nitrogen and oxygen atoms in total. The van der Waals surface area contributed by atoms with Crippen LogP contribution in [0.3, 0.4) is 0 Å². The SMILES string of the molecule is CCCC(C)C=Cc1ccccc1. The lowest BCUT2D eigenvalue weighted by Gasteiger charge is -2.01. The fourth-order valence-electron chi connectivity index (χ4n) is 1.39. The van der Waals surface area contributed by atoms with Gasteiger partial charge >= 0.3 is 0 Å². The summed E-state index contributed by atoms with van der Waals surface area (Å²) in [7, 11) is 0. The van der Waals surface area contributed by atoms with E-state index in [9.17, 15) is 0 Å². The normalized spacial score (nSPS) is 13.4. The van der Waals surface area contributed by atoms with Crippen LogP contribution >= 0.6 is 0 Å². The van der Waals surface area contributed by atoms with Gasteiger partial charge in [0.05, 0.1) is 0 Å². The molecule has 0 saturated heterocycles. The summed E-state index contributed by atoms with van der Waals surface area (Å²) in [5, 5.41) is 0. The fourth-order valence-corrected chi connectivity index (χ4v) is 1.39. The minimum Gasteiger partial charge on any atom is -0.0811 e. The first kappa shape index (κ1) is 10.0. The van der Waals surface area contributed by atoms with Crippen molar-refractivity contribution in [1.82, 2.24) is 0 Å². The van der Waals surface area contributed by atoms with Gasteiger partial charge < -0.3 is 0 Å². The molecule has 0 aliphatic carbocycles. The topological polar surface area (TPSA) is 0 Å². The third-order valence-electron chi connectivity index (χ3n) is 2.16. The van der Waals surface area contributed by atoms with Crippen molar-refractivity contribution in [2.24, 2.45) is 5.92 Å². The van der Waals surface area contributed by atoms with Crippen molar-refractivity contribution in [3.05, 3.63) is 42.0 Å². The first-order valence-electron chi connectivity index (χ1n) is 5.06. The molecule has 1 unspecified atom stereocenters. The van der Waals surface area contributed by atoms with Gasteiger partial charge in [0, 0.05) is 0 Å². The molecule has 0 radical (unpaired) electrons. The van der Waals surface area contributed by atoms with Crippen LogP contribution in [0.15, 0.2) is 36.4 Å². The second-order valence-corrected chi connectivity index (χ2v) is 3.54. The van der Waals surface area contributed by atoms with Crippen molar-refractivity contribution >= 4 is 6.08 Å². The van der Waals surface area contributed by atoms with Crippen LogP contribution in [0.5, 0.6) is 0 Å². The third kappa shape index (κ3) is 3.93. The Bertz CT molecular complexity index is 246. The molecular formula is C13H18. The summed E-state index contributed by atoms with van der Waals surface area (Å²) in [6, 6.07) is 10.5. The molecule has 0 spiro atoms. The molecule has 0 heterocycles. The summed E-state index contributed by atoms with van der Waals surface area (Å²) in [4.78, 5) is 0. The number of hydrogen-bond acceptors (Lipinski definition) is 0. The highest BCUT2D eigenvalue weighted by atomic mass is 14.0. The van der Waals surface area contributed by atoms with E-state index >= 15 is 0 Å². The first-order valence-corrected chi connectivity index (χ1v) is 5.06. The lowest BCUT2D eigenvalue weighted by molar-refractivity contribution is 0.636. The zero-order chi connectivity index (χ0) is 9.52. The van der Waals surface area contributed by atoms with Gasteiger partial charge in [-0.2, -0.15) is 0 Å². The van der Waals surface area contributed by atoms with Crippen LogP contribution in [0.4, 0.5) is 0 Å². The Morgan fingerprint density at radius 2 is 1.92 bits per heavy atom. The molecule has 70 valence electrons. The maximum Gasteiger partial charge on any atom is -0.0259 e. The Labute approximate surface area is 81.3 Å². The fraction of sp³-hybridized carbons (Fsp3) is 0.385. The van der Waals surface area contributed by atoms with Gasteiger partial charge in [-0.15, -0.1) is 0 Å². The Morgan fingerprint density at radius 1 is 1.23 bits per heavy atom. The number of hydrogen-bond donors (Lipinski definition) is 0. The van der Waals surface area contributed by atoms with E-state index in [1.165, 1.54) is 18.4 Å². The largest absolute Gasteiger partial charge is 0.0811 e. The highest BCUT2D eigenvalue weighted by molar-refractivity contribution is 5.48. The van der Waals surface area contributed by atoms with Crippen molar-refractivity contribution in [3.63, 3.8) is 0 Å². The standard InChI is InChI=1S/C13H18/c1-3-7-12(2)10-11-13-8-5-4-6-9-13/h4-6,8-12H,3,7H2,1-2H3. The van der Waals surface area contributed by atoms with Crippen molar-refractivity contribution in [3.8, 4) is 0 Å². The predicted molar refractivity (Wildman–Crippen MR) is 59.5 cm³/mol. The second kappa shape index (κ2) is 5.58. The maximum atomic E-state index is 2.29. The zero-order valence-corrected chi connectivity index (χ0v) is 8.53. The molecule has 0 heteroatoms. The molecule has 0 amide bonds. The molecule has 0 aliphatic heterocycles. The van der Waals surface area contributed by atoms with Crippen LogP contribution in [0.1, 0.15) is 32.3 Å². The lowest BCUT2D eigenvalue weighted by Crippen LogP contribution is -1.86. The zero-order valence-electron chi connectivity index (χ0n) is 8.53. The summed E-state index contributed by atoms with van der Waals surface area (Å²) in [6.07, 6.45) is 7.04. The van der Waals surface area contributed by atoms with Gasteiger partial charge in [-0.25, -0.2) is 0 Å².